The standard InChI is InChI=1S/C14H18F2N2O/c1-8-3-2-4-10(5-8)18-14(19)11-6-9(15)7-12(17)13(11)16/h6-8,10H,2-5,17H2,1H3,(H,18,19). The predicted molar refractivity (Wildman–Crippen MR) is 69.7 cm³/mol. The maximum atomic E-state index is 13.7. The zero-order valence-corrected chi connectivity index (χ0v) is 10.9. The van der Waals surface area contributed by atoms with Gasteiger partial charge in [0.2, 0.25) is 0 Å². The smallest absolute Gasteiger partial charge is 0.254 e. The Balaban J connectivity index is 2.11. The number of nitrogens with two attached hydrogens (primary N) is 1. The van der Waals surface area contributed by atoms with Crippen LogP contribution in [0.3, 0.4) is 0 Å². The lowest BCUT2D eigenvalue weighted by Gasteiger charge is -2.27. The van der Waals surface area contributed by atoms with E-state index in [0.29, 0.717) is 5.92 Å². The van der Waals surface area contributed by atoms with Crippen LogP contribution in [0.15, 0.2) is 12.1 Å². The van der Waals surface area contributed by atoms with Gasteiger partial charge in [-0.3, -0.25) is 4.79 Å². The summed E-state index contributed by atoms with van der Waals surface area (Å²) >= 11 is 0. The summed E-state index contributed by atoms with van der Waals surface area (Å²) in [5.74, 6) is -1.62. The van der Waals surface area contributed by atoms with Gasteiger partial charge in [0.15, 0.2) is 5.82 Å². The molecule has 1 aliphatic rings. The van der Waals surface area contributed by atoms with Crippen molar-refractivity contribution in [3.05, 3.63) is 29.3 Å². The average molecular weight is 268 g/mol. The molecule has 0 heterocycles. The summed E-state index contributed by atoms with van der Waals surface area (Å²) in [6.07, 6.45) is 3.94. The van der Waals surface area contributed by atoms with E-state index >= 15 is 0 Å². The third-order valence-electron chi connectivity index (χ3n) is 3.58. The largest absolute Gasteiger partial charge is 0.396 e. The monoisotopic (exact) mass is 268 g/mol. The molecule has 2 rings (SSSR count). The minimum Gasteiger partial charge on any atom is -0.396 e. The van der Waals surface area contributed by atoms with E-state index in [9.17, 15) is 13.6 Å². The van der Waals surface area contributed by atoms with Crippen LogP contribution < -0.4 is 11.1 Å². The molecule has 1 saturated carbocycles. The number of hydrogen-bond acceptors (Lipinski definition) is 2. The summed E-state index contributed by atoms with van der Waals surface area (Å²) in [7, 11) is 0. The number of halogens is 2. The fraction of sp³-hybridized carbons (Fsp3) is 0.500. The van der Waals surface area contributed by atoms with Crippen LogP contribution in [-0.4, -0.2) is 11.9 Å². The molecule has 1 amide bonds. The van der Waals surface area contributed by atoms with Gasteiger partial charge in [-0.15, -0.1) is 0 Å². The number of benzene rings is 1. The first-order valence-electron chi connectivity index (χ1n) is 6.52. The molecule has 3 N–H and O–H groups in total. The molecule has 2 unspecified atom stereocenters. The molecule has 1 fully saturated rings. The molecule has 0 aromatic heterocycles. The summed E-state index contributed by atoms with van der Waals surface area (Å²) in [5.41, 5.74) is 4.65. The second-order valence-electron chi connectivity index (χ2n) is 5.30. The molecule has 1 aromatic carbocycles. The SMILES string of the molecule is CC1CCCC(NC(=O)c2cc(F)cc(N)c2F)C1. The highest BCUT2D eigenvalue weighted by molar-refractivity contribution is 5.95. The number of nitrogens with one attached hydrogen (secondary N) is 1. The maximum absolute atomic E-state index is 13.7. The molecule has 2 atom stereocenters. The van der Waals surface area contributed by atoms with E-state index in [0.717, 1.165) is 37.8 Å². The van der Waals surface area contributed by atoms with Crippen molar-refractivity contribution < 1.29 is 13.6 Å². The molecular formula is C14H18F2N2O. The van der Waals surface area contributed by atoms with E-state index in [-0.39, 0.29) is 17.3 Å². The third-order valence-corrected chi connectivity index (χ3v) is 3.58. The fourth-order valence-electron chi connectivity index (χ4n) is 2.60. The van der Waals surface area contributed by atoms with Crippen LogP contribution in [0.25, 0.3) is 0 Å². The summed E-state index contributed by atoms with van der Waals surface area (Å²) in [6, 6.07) is 1.78. The van der Waals surface area contributed by atoms with Gasteiger partial charge in [-0.2, -0.15) is 0 Å². The Bertz CT molecular complexity index is 491. The molecule has 0 radical (unpaired) electrons. The summed E-state index contributed by atoms with van der Waals surface area (Å²) in [4.78, 5) is 12.0. The van der Waals surface area contributed by atoms with E-state index in [1.807, 2.05) is 0 Å². The number of rotatable bonds is 2. The van der Waals surface area contributed by atoms with Gasteiger partial charge in [0, 0.05) is 6.04 Å². The van der Waals surface area contributed by atoms with Crippen LogP contribution in [-0.2, 0) is 0 Å². The number of anilines is 1. The van der Waals surface area contributed by atoms with Crippen LogP contribution in [0.5, 0.6) is 0 Å². The Morgan fingerprint density at radius 3 is 2.79 bits per heavy atom. The first-order valence-corrected chi connectivity index (χ1v) is 6.52. The second-order valence-corrected chi connectivity index (χ2v) is 5.30. The normalized spacial score (nSPS) is 23.1. The average Bonchev–Trinajstić information content (AvgIpc) is 2.33. The van der Waals surface area contributed by atoms with E-state index in [1.54, 1.807) is 0 Å². The molecule has 5 heteroatoms. The first kappa shape index (κ1) is 13.8. The van der Waals surface area contributed by atoms with Gasteiger partial charge >= 0.3 is 0 Å². The Morgan fingerprint density at radius 1 is 1.37 bits per heavy atom. The Kier molecular flexibility index (Phi) is 4.02. The molecule has 1 aliphatic carbocycles. The fourth-order valence-corrected chi connectivity index (χ4v) is 2.60. The van der Waals surface area contributed by atoms with Crippen LogP contribution >= 0.6 is 0 Å². The summed E-state index contributed by atoms with van der Waals surface area (Å²) < 4.78 is 26.9. The molecule has 0 saturated heterocycles. The third kappa shape index (κ3) is 3.22. The minimum atomic E-state index is -0.859. The van der Waals surface area contributed by atoms with E-state index in [2.05, 4.69) is 12.2 Å². The highest BCUT2D eigenvalue weighted by Gasteiger charge is 2.23. The highest BCUT2D eigenvalue weighted by Crippen LogP contribution is 2.24. The zero-order chi connectivity index (χ0) is 14.0. The van der Waals surface area contributed by atoms with Crippen molar-refractivity contribution >= 4 is 11.6 Å². The van der Waals surface area contributed by atoms with E-state index in [1.165, 1.54) is 0 Å². The zero-order valence-electron chi connectivity index (χ0n) is 10.9. The Labute approximate surface area is 111 Å². The lowest BCUT2D eigenvalue weighted by molar-refractivity contribution is 0.0917. The predicted octanol–water partition coefficient (Wildman–Crippen LogP) is 2.86. The minimum absolute atomic E-state index is 0.0279. The molecule has 1 aromatic rings. The molecule has 0 bridgehead atoms. The molecule has 19 heavy (non-hydrogen) atoms. The molecule has 3 nitrogen and oxygen atoms in total. The van der Waals surface area contributed by atoms with Gasteiger partial charge < -0.3 is 11.1 Å². The van der Waals surface area contributed by atoms with Crippen molar-refractivity contribution in [3.63, 3.8) is 0 Å². The molecular weight excluding hydrogens is 250 g/mol. The van der Waals surface area contributed by atoms with Gasteiger partial charge in [0.25, 0.3) is 5.91 Å². The maximum Gasteiger partial charge on any atom is 0.254 e. The number of hydrogen-bond donors (Lipinski definition) is 2. The quantitative estimate of drug-likeness (QED) is 0.810. The number of nitrogen functional groups attached to an aromatic ring is 1. The van der Waals surface area contributed by atoms with Crippen molar-refractivity contribution in [2.75, 3.05) is 5.73 Å². The van der Waals surface area contributed by atoms with Crippen molar-refractivity contribution in [1.82, 2.24) is 5.32 Å². The van der Waals surface area contributed by atoms with Crippen molar-refractivity contribution in [2.24, 2.45) is 5.92 Å². The van der Waals surface area contributed by atoms with Gasteiger partial charge in [-0.25, -0.2) is 8.78 Å². The lowest BCUT2D eigenvalue weighted by atomic mass is 9.87. The van der Waals surface area contributed by atoms with Gasteiger partial charge in [0.1, 0.15) is 5.82 Å². The topological polar surface area (TPSA) is 55.1 Å². The molecule has 0 aliphatic heterocycles. The summed E-state index contributed by atoms with van der Waals surface area (Å²) in [5, 5.41) is 2.76. The van der Waals surface area contributed by atoms with Gasteiger partial charge in [0.05, 0.1) is 11.3 Å². The van der Waals surface area contributed by atoms with Crippen LogP contribution in [0.2, 0.25) is 0 Å². The van der Waals surface area contributed by atoms with E-state index in [4.69, 9.17) is 5.73 Å². The van der Waals surface area contributed by atoms with Crippen molar-refractivity contribution in [3.8, 4) is 0 Å². The molecule has 0 spiro atoms. The number of amides is 1. The van der Waals surface area contributed by atoms with Gasteiger partial charge in [-0.05, 0) is 30.9 Å². The molecule has 104 valence electrons. The van der Waals surface area contributed by atoms with Crippen LogP contribution in [0.4, 0.5) is 14.5 Å². The Hall–Kier alpha value is -1.65. The second kappa shape index (κ2) is 5.55. The van der Waals surface area contributed by atoms with E-state index < -0.39 is 17.5 Å². The van der Waals surface area contributed by atoms with Gasteiger partial charge in [-0.1, -0.05) is 19.8 Å². The Morgan fingerprint density at radius 2 is 2.11 bits per heavy atom. The number of carbonyl (C=O) groups excluding carboxylic acids is 1. The van der Waals surface area contributed by atoms with Crippen molar-refractivity contribution in [1.29, 1.82) is 0 Å². The first-order chi connectivity index (χ1) is 8.97. The van der Waals surface area contributed by atoms with Crippen molar-refractivity contribution in [2.45, 2.75) is 38.6 Å². The lowest BCUT2D eigenvalue weighted by Crippen LogP contribution is -2.38. The number of carbonyl (C=O) groups is 1. The van der Waals surface area contributed by atoms with Crippen LogP contribution in [0.1, 0.15) is 43.0 Å². The highest BCUT2D eigenvalue weighted by atomic mass is 19.1. The van der Waals surface area contributed by atoms with Crippen LogP contribution in [0, 0.1) is 17.6 Å². The summed E-state index contributed by atoms with van der Waals surface area (Å²) in [6.45, 7) is 2.12.